The van der Waals surface area contributed by atoms with E-state index in [0.29, 0.717) is 11.5 Å². The Morgan fingerprint density at radius 3 is 2.52 bits per heavy atom. The zero-order chi connectivity index (χ0) is 19.8. The Hall–Kier alpha value is -3.16. The molecule has 0 aliphatic carbocycles. The minimum Gasteiger partial charge on any atom is -0.493 e. The van der Waals surface area contributed by atoms with Crippen LogP contribution in [0, 0.1) is 6.92 Å². The van der Waals surface area contributed by atoms with E-state index in [4.69, 9.17) is 19.3 Å². The maximum Gasteiger partial charge on any atom is 0.430 e. The van der Waals surface area contributed by atoms with Gasteiger partial charge in [0.25, 0.3) is 0 Å². The number of rotatable bonds is 4. The summed E-state index contributed by atoms with van der Waals surface area (Å²) in [5.74, 6) is -0.731. The van der Waals surface area contributed by atoms with Crippen LogP contribution in [0.1, 0.15) is 11.1 Å². The first-order valence-corrected chi connectivity index (χ1v) is 7.84. The minimum atomic E-state index is -4.86. The van der Waals surface area contributed by atoms with Gasteiger partial charge in [-0.2, -0.15) is 13.2 Å². The molecule has 2 aromatic rings. The van der Waals surface area contributed by atoms with Gasteiger partial charge < -0.3 is 19.3 Å². The summed E-state index contributed by atoms with van der Waals surface area (Å²) in [6, 6.07) is 9.45. The first-order chi connectivity index (χ1) is 12.7. The molecule has 1 unspecified atom stereocenters. The molecule has 27 heavy (non-hydrogen) atoms. The molecule has 0 saturated carbocycles. The maximum atomic E-state index is 13.2. The van der Waals surface area contributed by atoms with Gasteiger partial charge in [-0.25, -0.2) is 4.79 Å². The van der Waals surface area contributed by atoms with Crippen LogP contribution in [0.4, 0.5) is 13.2 Å². The van der Waals surface area contributed by atoms with Crippen LogP contribution in [0.25, 0.3) is 6.08 Å². The summed E-state index contributed by atoms with van der Waals surface area (Å²) < 4.78 is 55.3. The van der Waals surface area contributed by atoms with Gasteiger partial charge in [0.1, 0.15) is 11.5 Å². The summed E-state index contributed by atoms with van der Waals surface area (Å²) in [5, 5.41) is 9.04. The summed E-state index contributed by atoms with van der Waals surface area (Å²) in [4.78, 5) is 11.1. The molecular weight excluding hydrogens is 365 g/mol. The van der Waals surface area contributed by atoms with E-state index in [-0.39, 0.29) is 17.1 Å². The second-order valence-electron chi connectivity index (χ2n) is 5.90. The number of ether oxygens (including phenoxy) is 3. The molecule has 3 rings (SSSR count). The number of halogens is 3. The number of carboxylic acid groups (broad SMARTS) is 1. The van der Waals surface area contributed by atoms with Gasteiger partial charge in [-0.1, -0.05) is 6.07 Å². The number of hydrogen-bond acceptors (Lipinski definition) is 4. The lowest BCUT2D eigenvalue weighted by atomic mass is 10.0. The summed E-state index contributed by atoms with van der Waals surface area (Å²) in [6.45, 7) is 1.88. The van der Waals surface area contributed by atoms with Gasteiger partial charge >= 0.3 is 12.1 Å². The standard InChI is InChI=1S/C19H15F3O5/c1-10-3-6-14(16(7-10)25-2)26-12-5-4-11-8-13(18(23)24)17(19(20,21)22)27-15(11)9-12/h3-9,17H,1-2H3,(H,23,24). The van der Waals surface area contributed by atoms with Gasteiger partial charge in [0, 0.05) is 11.6 Å². The maximum absolute atomic E-state index is 13.2. The lowest BCUT2D eigenvalue weighted by Gasteiger charge is -2.27. The van der Waals surface area contributed by atoms with E-state index in [2.05, 4.69) is 0 Å². The number of carboxylic acids is 1. The average molecular weight is 380 g/mol. The molecule has 0 fully saturated rings. The van der Waals surface area contributed by atoms with Crippen LogP contribution in [0.5, 0.6) is 23.0 Å². The van der Waals surface area contributed by atoms with E-state index >= 15 is 0 Å². The molecule has 0 spiro atoms. The molecule has 1 N–H and O–H groups in total. The van der Waals surface area contributed by atoms with Crippen molar-refractivity contribution in [2.24, 2.45) is 0 Å². The van der Waals surface area contributed by atoms with Crippen molar-refractivity contribution in [3.63, 3.8) is 0 Å². The number of aliphatic carboxylic acids is 1. The Balaban J connectivity index is 1.95. The molecule has 5 nitrogen and oxygen atoms in total. The van der Waals surface area contributed by atoms with Crippen LogP contribution in [0.15, 0.2) is 42.0 Å². The highest BCUT2D eigenvalue weighted by atomic mass is 19.4. The largest absolute Gasteiger partial charge is 0.493 e. The normalized spacial score (nSPS) is 16.0. The minimum absolute atomic E-state index is 0.120. The van der Waals surface area contributed by atoms with Crippen molar-refractivity contribution in [2.45, 2.75) is 19.2 Å². The molecule has 0 bridgehead atoms. The van der Waals surface area contributed by atoms with E-state index in [1.165, 1.54) is 25.3 Å². The number of aryl methyl sites for hydroxylation is 1. The summed E-state index contributed by atoms with van der Waals surface area (Å²) in [7, 11) is 1.48. The molecular formula is C19H15F3O5. The van der Waals surface area contributed by atoms with Crippen LogP contribution in [-0.4, -0.2) is 30.5 Å². The zero-order valence-electron chi connectivity index (χ0n) is 14.3. The fourth-order valence-corrected chi connectivity index (χ4v) is 2.64. The van der Waals surface area contributed by atoms with E-state index in [0.717, 1.165) is 11.6 Å². The molecule has 1 atom stereocenters. The highest BCUT2D eigenvalue weighted by Gasteiger charge is 2.48. The van der Waals surface area contributed by atoms with Gasteiger partial charge in [-0.05, 0) is 42.8 Å². The molecule has 0 amide bonds. The third kappa shape index (κ3) is 3.84. The monoisotopic (exact) mass is 380 g/mol. The van der Waals surface area contributed by atoms with Crippen molar-refractivity contribution >= 4 is 12.0 Å². The number of benzene rings is 2. The molecule has 0 aromatic heterocycles. The number of fused-ring (bicyclic) bond motifs is 1. The van der Waals surface area contributed by atoms with E-state index in [9.17, 15) is 18.0 Å². The van der Waals surface area contributed by atoms with Gasteiger partial charge in [0.15, 0.2) is 11.5 Å². The van der Waals surface area contributed by atoms with Gasteiger partial charge in [0.2, 0.25) is 6.10 Å². The number of hydrogen-bond donors (Lipinski definition) is 1. The molecule has 1 aliphatic heterocycles. The van der Waals surface area contributed by atoms with Crippen LogP contribution >= 0.6 is 0 Å². The summed E-state index contributed by atoms with van der Waals surface area (Å²) >= 11 is 0. The molecule has 142 valence electrons. The van der Waals surface area contributed by atoms with Crippen molar-refractivity contribution in [3.8, 4) is 23.0 Å². The average Bonchev–Trinajstić information content (AvgIpc) is 2.61. The van der Waals surface area contributed by atoms with Crippen LogP contribution < -0.4 is 14.2 Å². The van der Waals surface area contributed by atoms with Gasteiger partial charge in [-0.3, -0.25) is 0 Å². The van der Waals surface area contributed by atoms with Gasteiger partial charge in [0.05, 0.1) is 12.7 Å². The smallest absolute Gasteiger partial charge is 0.430 e. The Morgan fingerprint density at radius 2 is 1.89 bits per heavy atom. The fourth-order valence-electron chi connectivity index (χ4n) is 2.64. The molecule has 0 radical (unpaired) electrons. The predicted octanol–water partition coefficient (Wildman–Crippen LogP) is 4.59. The summed E-state index contributed by atoms with van der Waals surface area (Å²) in [6.07, 6.45) is -6.46. The highest BCUT2D eigenvalue weighted by molar-refractivity contribution is 5.95. The molecule has 8 heteroatoms. The third-order valence-corrected chi connectivity index (χ3v) is 3.91. The summed E-state index contributed by atoms with van der Waals surface area (Å²) in [5.41, 5.74) is 0.298. The fraction of sp³-hybridized carbons (Fsp3) is 0.211. The second-order valence-corrected chi connectivity index (χ2v) is 5.90. The van der Waals surface area contributed by atoms with E-state index in [1.807, 2.05) is 6.92 Å². The topological polar surface area (TPSA) is 65.0 Å². The Labute approximate surface area is 152 Å². The second kappa shape index (κ2) is 6.86. The van der Waals surface area contributed by atoms with Gasteiger partial charge in [-0.15, -0.1) is 0 Å². The van der Waals surface area contributed by atoms with Crippen LogP contribution in [0.3, 0.4) is 0 Å². The highest BCUT2D eigenvalue weighted by Crippen LogP contribution is 2.40. The first kappa shape index (κ1) is 18.6. The molecule has 0 saturated heterocycles. The third-order valence-electron chi connectivity index (χ3n) is 3.91. The molecule has 2 aromatic carbocycles. The van der Waals surface area contributed by atoms with Crippen molar-refractivity contribution in [3.05, 3.63) is 53.1 Å². The molecule has 1 aliphatic rings. The number of methoxy groups -OCH3 is 1. The lowest BCUT2D eigenvalue weighted by Crippen LogP contribution is -2.40. The van der Waals surface area contributed by atoms with Crippen LogP contribution in [-0.2, 0) is 4.79 Å². The lowest BCUT2D eigenvalue weighted by molar-refractivity contribution is -0.187. The SMILES string of the molecule is COc1cc(C)ccc1Oc1ccc2c(c1)OC(C(F)(F)F)C(C(=O)O)=C2. The van der Waals surface area contributed by atoms with Crippen LogP contribution in [0.2, 0.25) is 0 Å². The van der Waals surface area contributed by atoms with E-state index in [1.54, 1.807) is 18.2 Å². The van der Waals surface area contributed by atoms with Crippen molar-refractivity contribution in [1.82, 2.24) is 0 Å². The van der Waals surface area contributed by atoms with Crippen molar-refractivity contribution in [1.29, 1.82) is 0 Å². The predicted molar refractivity (Wildman–Crippen MR) is 90.3 cm³/mol. The quantitative estimate of drug-likeness (QED) is 0.841. The first-order valence-electron chi connectivity index (χ1n) is 7.84. The Morgan fingerprint density at radius 1 is 1.15 bits per heavy atom. The van der Waals surface area contributed by atoms with Crippen molar-refractivity contribution in [2.75, 3.05) is 7.11 Å². The zero-order valence-corrected chi connectivity index (χ0v) is 14.3. The number of carbonyl (C=O) groups is 1. The molecule has 1 heterocycles. The Kier molecular flexibility index (Phi) is 4.73. The van der Waals surface area contributed by atoms with Crippen molar-refractivity contribution < 1.29 is 37.3 Å². The Bertz CT molecular complexity index is 918. The van der Waals surface area contributed by atoms with E-state index < -0.39 is 23.8 Å². The number of alkyl halides is 3.